The molecule has 76 valence electrons. The van der Waals surface area contributed by atoms with Crippen LogP contribution in [-0.2, 0) is 0 Å². The van der Waals surface area contributed by atoms with Gasteiger partial charge in [-0.3, -0.25) is 0 Å². The van der Waals surface area contributed by atoms with Crippen LogP contribution in [0.4, 0.5) is 0 Å². The zero-order valence-electron chi connectivity index (χ0n) is 8.44. The number of hydrogen-bond acceptors (Lipinski definition) is 2. The smallest absolute Gasteiger partial charge is 0.127 e. The minimum Gasteiger partial charge on any atom is -0.507 e. The predicted molar refractivity (Wildman–Crippen MR) is 65.5 cm³/mol. The fraction of sp³-hybridized carbons (Fsp3) is 0.0769. The Morgan fingerprint density at radius 1 is 1.00 bits per heavy atom. The van der Waals surface area contributed by atoms with Crippen molar-refractivity contribution in [1.29, 1.82) is 0 Å². The Hall–Kier alpha value is -1.41. The SMILES string of the molecule is Cc1ccc(S)c(-c2ccccc2)c1O. The lowest BCUT2D eigenvalue weighted by atomic mass is 10.0. The molecule has 0 atom stereocenters. The topological polar surface area (TPSA) is 20.2 Å². The van der Waals surface area contributed by atoms with Gasteiger partial charge in [-0.1, -0.05) is 36.4 Å². The monoisotopic (exact) mass is 216 g/mol. The molecule has 0 aliphatic rings. The van der Waals surface area contributed by atoms with Crippen molar-refractivity contribution < 1.29 is 5.11 Å². The fourth-order valence-corrected chi connectivity index (χ4v) is 1.88. The van der Waals surface area contributed by atoms with E-state index in [1.807, 2.05) is 49.4 Å². The van der Waals surface area contributed by atoms with Gasteiger partial charge >= 0.3 is 0 Å². The van der Waals surface area contributed by atoms with E-state index < -0.39 is 0 Å². The Balaban J connectivity index is 2.68. The highest BCUT2D eigenvalue weighted by Gasteiger charge is 2.09. The lowest BCUT2D eigenvalue weighted by molar-refractivity contribution is 0.472. The molecular weight excluding hydrogens is 204 g/mol. The van der Waals surface area contributed by atoms with Crippen LogP contribution in [0, 0.1) is 6.92 Å². The normalized spacial score (nSPS) is 10.3. The largest absolute Gasteiger partial charge is 0.507 e. The van der Waals surface area contributed by atoms with Gasteiger partial charge in [-0.15, -0.1) is 12.6 Å². The lowest BCUT2D eigenvalue weighted by Crippen LogP contribution is -1.84. The highest BCUT2D eigenvalue weighted by molar-refractivity contribution is 7.80. The van der Waals surface area contributed by atoms with Crippen molar-refractivity contribution in [3.8, 4) is 16.9 Å². The van der Waals surface area contributed by atoms with E-state index in [1.54, 1.807) is 0 Å². The second-order valence-corrected chi connectivity index (χ2v) is 3.97. The van der Waals surface area contributed by atoms with Crippen LogP contribution < -0.4 is 0 Å². The number of rotatable bonds is 1. The van der Waals surface area contributed by atoms with Crippen LogP contribution in [0.1, 0.15) is 5.56 Å². The Labute approximate surface area is 94.8 Å². The van der Waals surface area contributed by atoms with Gasteiger partial charge in [0.2, 0.25) is 0 Å². The summed E-state index contributed by atoms with van der Waals surface area (Å²) in [7, 11) is 0. The first-order valence-electron chi connectivity index (χ1n) is 4.77. The van der Waals surface area contributed by atoms with E-state index >= 15 is 0 Å². The molecule has 0 aliphatic carbocycles. The van der Waals surface area contributed by atoms with Crippen molar-refractivity contribution in [3.63, 3.8) is 0 Å². The van der Waals surface area contributed by atoms with Gasteiger partial charge in [0.1, 0.15) is 5.75 Å². The third-order valence-electron chi connectivity index (χ3n) is 2.42. The minimum atomic E-state index is 0.314. The van der Waals surface area contributed by atoms with Crippen molar-refractivity contribution in [1.82, 2.24) is 0 Å². The van der Waals surface area contributed by atoms with Gasteiger partial charge in [-0.05, 0) is 24.1 Å². The molecule has 0 saturated heterocycles. The maximum atomic E-state index is 9.98. The summed E-state index contributed by atoms with van der Waals surface area (Å²) in [5.41, 5.74) is 2.66. The van der Waals surface area contributed by atoms with Gasteiger partial charge in [0.15, 0.2) is 0 Å². The Morgan fingerprint density at radius 2 is 1.67 bits per heavy atom. The van der Waals surface area contributed by atoms with Gasteiger partial charge in [0.25, 0.3) is 0 Å². The molecule has 0 spiro atoms. The summed E-state index contributed by atoms with van der Waals surface area (Å²) < 4.78 is 0. The Morgan fingerprint density at radius 3 is 2.33 bits per heavy atom. The lowest BCUT2D eigenvalue weighted by Gasteiger charge is -2.10. The number of thiol groups is 1. The highest BCUT2D eigenvalue weighted by Crippen LogP contribution is 2.36. The van der Waals surface area contributed by atoms with Crippen LogP contribution in [-0.4, -0.2) is 5.11 Å². The van der Waals surface area contributed by atoms with Gasteiger partial charge in [-0.2, -0.15) is 0 Å². The summed E-state index contributed by atoms with van der Waals surface area (Å²) in [4.78, 5) is 0.796. The van der Waals surface area contributed by atoms with Crippen LogP contribution in [0.25, 0.3) is 11.1 Å². The third kappa shape index (κ3) is 1.85. The molecule has 0 fully saturated rings. The number of hydrogen-bond donors (Lipinski definition) is 2. The van der Waals surface area contributed by atoms with Gasteiger partial charge in [0.05, 0.1) is 0 Å². The average Bonchev–Trinajstić information content (AvgIpc) is 2.26. The molecule has 0 radical (unpaired) electrons. The highest BCUT2D eigenvalue weighted by atomic mass is 32.1. The van der Waals surface area contributed by atoms with Crippen molar-refractivity contribution >= 4 is 12.6 Å². The molecule has 0 saturated carbocycles. The number of phenolic OH excluding ortho intramolecular Hbond substituents is 1. The maximum Gasteiger partial charge on any atom is 0.127 e. The molecule has 0 aliphatic heterocycles. The Bertz CT molecular complexity index is 477. The van der Waals surface area contributed by atoms with E-state index in [4.69, 9.17) is 0 Å². The average molecular weight is 216 g/mol. The van der Waals surface area contributed by atoms with Gasteiger partial charge in [-0.25, -0.2) is 0 Å². The quantitative estimate of drug-likeness (QED) is 0.697. The third-order valence-corrected chi connectivity index (χ3v) is 2.79. The molecule has 0 aromatic heterocycles. The van der Waals surface area contributed by atoms with E-state index in [1.165, 1.54) is 0 Å². The fourth-order valence-electron chi connectivity index (χ4n) is 1.57. The summed E-state index contributed by atoms with van der Waals surface area (Å²) in [6.45, 7) is 1.88. The molecule has 0 amide bonds. The number of aryl methyl sites for hydroxylation is 1. The second-order valence-electron chi connectivity index (χ2n) is 3.49. The standard InChI is InChI=1S/C13H12OS/c1-9-7-8-11(15)12(13(9)14)10-5-3-2-4-6-10/h2-8,14-15H,1H3. The number of benzene rings is 2. The van der Waals surface area contributed by atoms with E-state index in [0.717, 1.165) is 21.6 Å². The van der Waals surface area contributed by atoms with E-state index in [-0.39, 0.29) is 0 Å². The van der Waals surface area contributed by atoms with E-state index in [9.17, 15) is 5.11 Å². The molecule has 0 bridgehead atoms. The summed E-state index contributed by atoms with van der Waals surface area (Å²) in [6, 6.07) is 13.6. The first-order valence-corrected chi connectivity index (χ1v) is 5.22. The van der Waals surface area contributed by atoms with Crippen molar-refractivity contribution in [2.24, 2.45) is 0 Å². The second kappa shape index (κ2) is 3.99. The summed E-state index contributed by atoms with van der Waals surface area (Å²) in [5, 5.41) is 9.98. The van der Waals surface area contributed by atoms with Crippen LogP contribution in [0.15, 0.2) is 47.4 Å². The molecule has 1 N–H and O–H groups in total. The molecular formula is C13H12OS. The minimum absolute atomic E-state index is 0.314. The van der Waals surface area contributed by atoms with E-state index in [0.29, 0.717) is 5.75 Å². The van der Waals surface area contributed by atoms with Crippen LogP contribution in [0.2, 0.25) is 0 Å². The van der Waals surface area contributed by atoms with Gasteiger partial charge < -0.3 is 5.11 Å². The zero-order chi connectivity index (χ0) is 10.8. The molecule has 2 aromatic carbocycles. The molecule has 2 aromatic rings. The van der Waals surface area contributed by atoms with Crippen LogP contribution >= 0.6 is 12.6 Å². The molecule has 0 unspecified atom stereocenters. The van der Waals surface area contributed by atoms with Gasteiger partial charge in [0, 0.05) is 10.5 Å². The summed E-state index contributed by atoms with van der Waals surface area (Å²) in [5.74, 6) is 0.314. The molecule has 2 rings (SSSR count). The van der Waals surface area contributed by atoms with Crippen LogP contribution in [0.5, 0.6) is 5.75 Å². The molecule has 0 heterocycles. The predicted octanol–water partition coefficient (Wildman–Crippen LogP) is 3.66. The first-order chi connectivity index (χ1) is 7.20. The first kappa shape index (κ1) is 10.1. The molecule has 15 heavy (non-hydrogen) atoms. The Kier molecular flexibility index (Phi) is 2.69. The molecule has 1 nitrogen and oxygen atoms in total. The van der Waals surface area contributed by atoms with Crippen molar-refractivity contribution in [2.75, 3.05) is 0 Å². The zero-order valence-corrected chi connectivity index (χ0v) is 9.33. The van der Waals surface area contributed by atoms with E-state index in [2.05, 4.69) is 12.6 Å². The van der Waals surface area contributed by atoms with Crippen LogP contribution in [0.3, 0.4) is 0 Å². The number of aromatic hydroxyl groups is 1. The van der Waals surface area contributed by atoms with Crippen molar-refractivity contribution in [3.05, 3.63) is 48.0 Å². The summed E-state index contributed by atoms with van der Waals surface area (Å²) in [6.07, 6.45) is 0. The van der Waals surface area contributed by atoms with Crippen molar-refractivity contribution in [2.45, 2.75) is 11.8 Å². The summed E-state index contributed by atoms with van der Waals surface area (Å²) >= 11 is 4.37. The number of phenols is 1. The molecule has 2 heteroatoms. The maximum absolute atomic E-state index is 9.98.